The first-order valence-electron chi connectivity index (χ1n) is 15.5. The molecule has 0 radical (unpaired) electrons. The Kier molecular flexibility index (Phi) is 5.85. The van der Waals surface area contributed by atoms with Crippen molar-refractivity contribution in [1.82, 2.24) is 4.98 Å². The number of H-pyrrole nitrogens is 1. The first kappa shape index (κ1) is 25.5. The Morgan fingerprint density at radius 2 is 0.911 bits per heavy atom. The molecule has 210 valence electrons. The molecule has 0 aliphatic rings. The minimum Gasteiger partial charge on any atom is -0.236 e. The zero-order valence-corrected chi connectivity index (χ0v) is 24.6. The van der Waals surface area contributed by atoms with Gasteiger partial charge in [-0.2, -0.15) is 4.57 Å². The van der Waals surface area contributed by atoms with E-state index in [9.17, 15) is 0 Å². The average Bonchev–Trinajstić information content (AvgIpc) is 3.51. The Labute approximate surface area is 261 Å². The van der Waals surface area contributed by atoms with Gasteiger partial charge in [0.1, 0.15) is 5.69 Å². The summed E-state index contributed by atoms with van der Waals surface area (Å²) in [6.45, 7) is 0. The van der Waals surface area contributed by atoms with Gasteiger partial charge in [-0.25, -0.2) is 4.98 Å². The van der Waals surface area contributed by atoms with Crippen LogP contribution in [0.4, 0.5) is 0 Å². The van der Waals surface area contributed by atoms with Crippen LogP contribution < -0.4 is 4.57 Å². The van der Waals surface area contributed by atoms with E-state index in [1.54, 1.807) is 0 Å². The van der Waals surface area contributed by atoms with Gasteiger partial charge in [0.05, 0.1) is 5.56 Å². The van der Waals surface area contributed by atoms with Crippen LogP contribution in [0, 0.1) is 0 Å². The molecule has 0 aliphatic heterocycles. The van der Waals surface area contributed by atoms with Gasteiger partial charge < -0.3 is 0 Å². The number of hydrogen-bond acceptors (Lipinski definition) is 0. The smallest absolute Gasteiger partial charge is 0.236 e. The van der Waals surface area contributed by atoms with E-state index in [0.29, 0.717) is 0 Å². The van der Waals surface area contributed by atoms with Gasteiger partial charge in [-0.3, -0.25) is 0 Å². The Morgan fingerprint density at radius 1 is 0.378 bits per heavy atom. The van der Waals surface area contributed by atoms with Crippen molar-refractivity contribution in [1.29, 1.82) is 0 Å². The molecule has 45 heavy (non-hydrogen) atoms. The third-order valence-corrected chi connectivity index (χ3v) is 9.05. The zero-order valence-electron chi connectivity index (χ0n) is 24.6. The van der Waals surface area contributed by atoms with Crippen molar-refractivity contribution in [3.05, 3.63) is 170 Å². The summed E-state index contributed by atoms with van der Waals surface area (Å²) in [4.78, 5) is 3.67. The number of benzene rings is 8. The standard InChI is InChI=1S/C43H28N2/c1-2-13-31(14-3-1)43-44-39-20-10-11-21-40(39)45(43)34-26-24-30(25-27-34)41-35-16-6-8-18-37(35)42(38-19-9-7-17-36(38)41)33-23-22-29-12-4-5-15-32(29)28-33/h1-28H/p+1. The second-order valence-corrected chi connectivity index (χ2v) is 11.6. The first-order valence-corrected chi connectivity index (χ1v) is 15.5. The minimum atomic E-state index is 1.07. The van der Waals surface area contributed by atoms with Crippen molar-refractivity contribution >= 4 is 43.4 Å². The van der Waals surface area contributed by atoms with Gasteiger partial charge in [-0.1, -0.05) is 127 Å². The molecule has 1 N–H and O–H groups in total. The van der Waals surface area contributed by atoms with Crippen LogP contribution in [0.25, 0.3) is 82.7 Å². The van der Waals surface area contributed by atoms with Gasteiger partial charge in [-0.15, -0.1) is 0 Å². The van der Waals surface area contributed by atoms with Gasteiger partial charge in [0, 0.05) is 0 Å². The fourth-order valence-electron chi connectivity index (χ4n) is 7.02. The van der Waals surface area contributed by atoms with E-state index in [4.69, 9.17) is 0 Å². The Bertz CT molecular complexity index is 2470. The van der Waals surface area contributed by atoms with E-state index < -0.39 is 0 Å². The van der Waals surface area contributed by atoms with Crippen molar-refractivity contribution in [2.75, 3.05) is 0 Å². The van der Waals surface area contributed by atoms with Crippen LogP contribution in [0.3, 0.4) is 0 Å². The summed E-state index contributed by atoms with van der Waals surface area (Å²) in [5.41, 5.74) is 9.54. The van der Waals surface area contributed by atoms with Crippen LogP contribution in [0.15, 0.2) is 170 Å². The second-order valence-electron chi connectivity index (χ2n) is 11.6. The van der Waals surface area contributed by atoms with Gasteiger partial charge in [-0.05, 0) is 97.0 Å². The summed E-state index contributed by atoms with van der Waals surface area (Å²) < 4.78 is 2.33. The maximum atomic E-state index is 3.67. The van der Waals surface area contributed by atoms with Crippen LogP contribution in [-0.4, -0.2) is 4.98 Å². The number of imidazole rings is 1. The van der Waals surface area contributed by atoms with E-state index in [-0.39, 0.29) is 0 Å². The highest BCUT2D eigenvalue weighted by Crippen LogP contribution is 2.44. The summed E-state index contributed by atoms with van der Waals surface area (Å²) in [6.07, 6.45) is 0. The molecule has 8 aromatic carbocycles. The molecule has 0 saturated heterocycles. The monoisotopic (exact) mass is 573 g/mol. The lowest BCUT2D eigenvalue weighted by Crippen LogP contribution is -2.31. The van der Waals surface area contributed by atoms with Crippen LogP contribution >= 0.6 is 0 Å². The minimum absolute atomic E-state index is 1.07. The van der Waals surface area contributed by atoms with E-state index in [0.717, 1.165) is 28.1 Å². The molecule has 0 spiro atoms. The van der Waals surface area contributed by atoms with Crippen molar-refractivity contribution in [3.8, 4) is 39.3 Å². The lowest BCUT2D eigenvalue weighted by Gasteiger charge is -2.18. The highest BCUT2D eigenvalue weighted by atomic mass is 15.1. The number of fused-ring (bicyclic) bond motifs is 4. The number of aromatic amines is 1. The molecule has 0 aliphatic carbocycles. The Morgan fingerprint density at radius 3 is 1.60 bits per heavy atom. The van der Waals surface area contributed by atoms with Crippen molar-refractivity contribution in [3.63, 3.8) is 0 Å². The molecular formula is C43H29N2+. The van der Waals surface area contributed by atoms with Crippen LogP contribution in [0.5, 0.6) is 0 Å². The predicted octanol–water partition coefficient (Wildman–Crippen LogP) is 10.9. The molecule has 0 atom stereocenters. The normalized spacial score (nSPS) is 11.6. The van der Waals surface area contributed by atoms with Gasteiger partial charge >= 0.3 is 0 Å². The SMILES string of the molecule is c1ccc(-c2[nH]c3ccccc3[n+]2-c2ccc(-c3c4ccccc4c(-c4ccc5ccccc5c4)c4ccccc34)cc2)cc1. The predicted molar refractivity (Wildman–Crippen MR) is 189 cm³/mol. The lowest BCUT2D eigenvalue weighted by atomic mass is 9.85. The number of nitrogens with zero attached hydrogens (tertiary/aromatic N) is 1. The summed E-state index contributed by atoms with van der Waals surface area (Å²) in [6, 6.07) is 61.3. The molecular weight excluding hydrogens is 544 g/mol. The third-order valence-electron chi connectivity index (χ3n) is 9.05. The number of rotatable bonds is 4. The zero-order chi connectivity index (χ0) is 29.7. The number of hydrogen-bond donors (Lipinski definition) is 1. The molecule has 1 heterocycles. The largest absolute Gasteiger partial charge is 0.292 e. The fourth-order valence-corrected chi connectivity index (χ4v) is 7.02. The molecule has 1 aromatic heterocycles. The summed E-state index contributed by atoms with van der Waals surface area (Å²) in [5.74, 6) is 1.07. The van der Waals surface area contributed by atoms with Crippen LogP contribution in [0.1, 0.15) is 0 Å². The van der Waals surface area contributed by atoms with Crippen LogP contribution in [-0.2, 0) is 0 Å². The topological polar surface area (TPSA) is 19.7 Å². The highest BCUT2D eigenvalue weighted by molar-refractivity contribution is 6.21. The third kappa shape index (κ3) is 4.15. The molecule has 0 amide bonds. The molecule has 0 unspecified atom stereocenters. The number of para-hydroxylation sites is 2. The first-order chi connectivity index (χ1) is 22.3. The fraction of sp³-hybridized carbons (Fsp3) is 0. The maximum Gasteiger partial charge on any atom is 0.292 e. The second kappa shape index (κ2) is 10.3. The quantitative estimate of drug-likeness (QED) is 0.160. The van der Waals surface area contributed by atoms with Gasteiger partial charge in [0.25, 0.3) is 5.82 Å². The van der Waals surface area contributed by atoms with Crippen LogP contribution in [0.2, 0.25) is 0 Å². The molecule has 0 fully saturated rings. The van der Waals surface area contributed by atoms with Crippen molar-refractivity contribution in [2.45, 2.75) is 0 Å². The van der Waals surface area contributed by atoms with E-state index in [1.807, 2.05) is 0 Å². The van der Waals surface area contributed by atoms with Crippen molar-refractivity contribution < 1.29 is 4.57 Å². The Hall–Kier alpha value is -5.99. The lowest BCUT2D eigenvalue weighted by molar-refractivity contribution is -0.554. The summed E-state index contributed by atoms with van der Waals surface area (Å²) in [7, 11) is 0. The van der Waals surface area contributed by atoms with E-state index in [1.165, 1.54) is 54.6 Å². The molecule has 2 heteroatoms. The van der Waals surface area contributed by atoms with E-state index >= 15 is 0 Å². The maximum absolute atomic E-state index is 3.67. The summed E-state index contributed by atoms with van der Waals surface area (Å²) >= 11 is 0. The molecule has 9 aromatic rings. The average molecular weight is 574 g/mol. The number of nitrogens with one attached hydrogen (secondary N) is 1. The van der Waals surface area contributed by atoms with Gasteiger partial charge in [0.15, 0.2) is 11.0 Å². The summed E-state index contributed by atoms with van der Waals surface area (Å²) in [5, 5.41) is 7.57. The van der Waals surface area contributed by atoms with E-state index in [2.05, 4.69) is 179 Å². The molecule has 0 saturated carbocycles. The number of aromatic nitrogens is 2. The van der Waals surface area contributed by atoms with Gasteiger partial charge in [0.2, 0.25) is 0 Å². The highest BCUT2D eigenvalue weighted by Gasteiger charge is 2.22. The molecule has 9 rings (SSSR count). The Balaban J connectivity index is 1.26. The molecule has 0 bridgehead atoms. The molecule has 2 nitrogen and oxygen atoms in total. The van der Waals surface area contributed by atoms with Crippen molar-refractivity contribution in [2.24, 2.45) is 0 Å².